The van der Waals surface area contributed by atoms with Crippen molar-refractivity contribution in [3.63, 3.8) is 0 Å². The molecular formula is C8H18N2O2. The van der Waals surface area contributed by atoms with Crippen molar-refractivity contribution in [2.75, 3.05) is 34.3 Å². The summed E-state index contributed by atoms with van der Waals surface area (Å²) in [5.41, 5.74) is 0. The zero-order chi connectivity index (χ0) is 9.72. The highest BCUT2D eigenvalue weighted by molar-refractivity contribution is 5.80. The summed E-state index contributed by atoms with van der Waals surface area (Å²) in [6.07, 6.45) is 0. The van der Waals surface area contributed by atoms with Crippen molar-refractivity contribution in [2.24, 2.45) is 0 Å². The van der Waals surface area contributed by atoms with Crippen LogP contribution >= 0.6 is 0 Å². The van der Waals surface area contributed by atoms with E-state index in [9.17, 15) is 4.79 Å². The second-order valence-electron chi connectivity index (χ2n) is 3.11. The second-order valence-corrected chi connectivity index (χ2v) is 3.11. The van der Waals surface area contributed by atoms with Crippen LogP contribution in [0.5, 0.6) is 0 Å². The van der Waals surface area contributed by atoms with Crippen LogP contribution < -0.4 is 0 Å². The van der Waals surface area contributed by atoms with E-state index in [1.807, 2.05) is 18.9 Å². The van der Waals surface area contributed by atoms with Crippen molar-refractivity contribution >= 4 is 5.91 Å². The monoisotopic (exact) mass is 174 g/mol. The molecule has 1 unspecified atom stereocenters. The fraction of sp³-hybridized carbons (Fsp3) is 0.875. The van der Waals surface area contributed by atoms with E-state index < -0.39 is 0 Å². The minimum Gasteiger partial charge on any atom is -0.395 e. The highest BCUT2D eigenvalue weighted by atomic mass is 16.3. The van der Waals surface area contributed by atoms with Gasteiger partial charge in [0.1, 0.15) is 0 Å². The third kappa shape index (κ3) is 3.19. The van der Waals surface area contributed by atoms with Crippen molar-refractivity contribution in [3.05, 3.63) is 0 Å². The summed E-state index contributed by atoms with van der Waals surface area (Å²) in [5, 5.41) is 8.64. The van der Waals surface area contributed by atoms with E-state index in [0.29, 0.717) is 6.54 Å². The second kappa shape index (κ2) is 5.11. The summed E-state index contributed by atoms with van der Waals surface area (Å²) in [7, 11) is 5.28. The third-order valence-electron chi connectivity index (χ3n) is 1.91. The quantitative estimate of drug-likeness (QED) is 0.618. The molecule has 0 heterocycles. The van der Waals surface area contributed by atoms with Gasteiger partial charge in [-0.15, -0.1) is 0 Å². The molecule has 0 spiro atoms. The average Bonchev–Trinajstić information content (AvgIpc) is 2.02. The van der Waals surface area contributed by atoms with Crippen molar-refractivity contribution in [2.45, 2.75) is 13.0 Å². The summed E-state index contributed by atoms with van der Waals surface area (Å²) in [6.45, 7) is 2.44. The van der Waals surface area contributed by atoms with Gasteiger partial charge in [-0.05, 0) is 14.0 Å². The van der Waals surface area contributed by atoms with Crippen molar-refractivity contribution in [1.29, 1.82) is 0 Å². The smallest absolute Gasteiger partial charge is 0.239 e. The number of carbonyl (C=O) groups is 1. The molecule has 0 aliphatic carbocycles. The van der Waals surface area contributed by atoms with Crippen LogP contribution in [-0.4, -0.2) is 61.2 Å². The summed E-state index contributed by atoms with van der Waals surface area (Å²) >= 11 is 0. The number of amides is 1. The lowest BCUT2D eigenvalue weighted by Gasteiger charge is -2.25. The highest BCUT2D eigenvalue weighted by Gasteiger charge is 2.18. The maximum atomic E-state index is 11.4. The zero-order valence-corrected chi connectivity index (χ0v) is 8.24. The molecule has 1 N–H and O–H groups in total. The molecule has 1 atom stereocenters. The molecule has 4 heteroatoms. The number of likely N-dealkylation sites (N-methyl/N-ethyl adjacent to an activating group) is 2. The summed E-state index contributed by atoms with van der Waals surface area (Å²) in [6, 6.07) is -0.160. The van der Waals surface area contributed by atoms with E-state index in [0.717, 1.165) is 0 Å². The lowest BCUT2D eigenvalue weighted by atomic mass is 10.2. The van der Waals surface area contributed by atoms with Gasteiger partial charge in [0.25, 0.3) is 0 Å². The first-order valence-electron chi connectivity index (χ1n) is 4.03. The molecule has 0 aliphatic rings. The Morgan fingerprint density at radius 2 is 1.92 bits per heavy atom. The molecular weight excluding hydrogens is 156 g/mol. The van der Waals surface area contributed by atoms with Gasteiger partial charge in [0, 0.05) is 20.6 Å². The van der Waals surface area contributed by atoms with E-state index >= 15 is 0 Å². The Hall–Kier alpha value is -0.610. The normalized spacial score (nSPS) is 13.2. The maximum absolute atomic E-state index is 11.4. The molecule has 0 saturated carbocycles. The molecule has 4 nitrogen and oxygen atoms in total. The predicted molar refractivity (Wildman–Crippen MR) is 47.9 cm³/mol. The number of rotatable bonds is 4. The molecule has 0 rings (SSSR count). The largest absolute Gasteiger partial charge is 0.395 e. The van der Waals surface area contributed by atoms with Crippen LogP contribution in [0.3, 0.4) is 0 Å². The Balaban J connectivity index is 4.00. The molecule has 0 aliphatic heterocycles. The van der Waals surface area contributed by atoms with E-state index in [4.69, 9.17) is 5.11 Å². The number of carbonyl (C=O) groups excluding carboxylic acids is 1. The first-order chi connectivity index (χ1) is 5.50. The third-order valence-corrected chi connectivity index (χ3v) is 1.91. The van der Waals surface area contributed by atoms with E-state index in [1.54, 1.807) is 19.0 Å². The average molecular weight is 174 g/mol. The van der Waals surface area contributed by atoms with Gasteiger partial charge in [0.2, 0.25) is 5.91 Å². The molecule has 0 saturated heterocycles. The van der Waals surface area contributed by atoms with Crippen LogP contribution in [0.15, 0.2) is 0 Å². The summed E-state index contributed by atoms with van der Waals surface area (Å²) in [5.74, 6) is 0.0611. The molecule has 72 valence electrons. The van der Waals surface area contributed by atoms with Gasteiger partial charge in [0.15, 0.2) is 0 Å². The first kappa shape index (κ1) is 11.4. The topological polar surface area (TPSA) is 43.8 Å². The fourth-order valence-corrected chi connectivity index (χ4v) is 0.914. The van der Waals surface area contributed by atoms with Crippen LogP contribution in [0.25, 0.3) is 0 Å². The number of nitrogens with zero attached hydrogens (tertiary/aromatic N) is 2. The summed E-state index contributed by atoms with van der Waals surface area (Å²) in [4.78, 5) is 14.7. The van der Waals surface area contributed by atoms with Crippen LogP contribution in [0, 0.1) is 0 Å². The Labute approximate surface area is 73.8 Å². The molecule has 0 aromatic heterocycles. The highest BCUT2D eigenvalue weighted by Crippen LogP contribution is 1.97. The Morgan fingerprint density at radius 1 is 1.42 bits per heavy atom. The minimum atomic E-state index is -0.160. The van der Waals surface area contributed by atoms with Crippen LogP contribution in [0.2, 0.25) is 0 Å². The number of aliphatic hydroxyl groups excluding tert-OH is 1. The molecule has 0 bridgehead atoms. The van der Waals surface area contributed by atoms with Crippen molar-refractivity contribution < 1.29 is 9.90 Å². The Bertz CT molecular complexity index is 148. The number of hydrogen-bond donors (Lipinski definition) is 1. The molecule has 12 heavy (non-hydrogen) atoms. The fourth-order valence-electron chi connectivity index (χ4n) is 0.914. The van der Waals surface area contributed by atoms with Gasteiger partial charge in [-0.3, -0.25) is 9.69 Å². The zero-order valence-electron chi connectivity index (χ0n) is 8.24. The predicted octanol–water partition coefficient (Wildman–Crippen LogP) is -0.613. The minimum absolute atomic E-state index is 0.0611. The van der Waals surface area contributed by atoms with E-state index in [-0.39, 0.29) is 18.6 Å². The molecule has 1 amide bonds. The van der Waals surface area contributed by atoms with Gasteiger partial charge < -0.3 is 10.0 Å². The lowest BCUT2D eigenvalue weighted by molar-refractivity contribution is -0.133. The van der Waals surface area contributed by atoms with Gasteiger partial charge in [-0.25, -0.2) is 0 Å². The van der Waals surface area contributed by atoms with E-state index in [1.165, 1.54) is 0 Å². The summed E-state index contributed by atoms with van der Waals surface area (Å²) < 4.78 is 0. The van der Waals surface area contributed by atoms with Crippen molar-refractivity contribution in [3.8, 4) is 0 Å². The van der Waals surface area contributed by atoms with Crippen LogP contribution in [0.4, 0.5) is 0 Å². The first-order valence-corrected chi connectivity index (χ1v) is 4.03. The van der Waals surface area contributed by atoms with Crippen LogP contribution in [-0.2, 0) is 4.79 Å². The van der Waals surface area contributed by atoms with Crippen LogP contribution in [0.1, 0.15) is 6.92 Å². The molecule has 0 radical (unpaired) electrons. The van der Waals surface area contributed by atoms with Gasteiger partial charge in [-0.1, -0.05) is 0 Å². The Morgan fingerprint density at radius 3 is 2.25 bits per heavy atom. The SMILES string of the molecule is CC(C(=O)N(C)C)N(C)CCO. The number of hydrogen-bond acceptors (Lipinski definition) is 3. The standard InChI is InChI=1S/C8H18N2O2/c1-7(8(12)9(2)3)10(4)5-6-11/h7,11H,5-6H2,1-4H3. The molecule has 0 fully saturated rings. The van der Waals surface area contributed by atoms with Gasteiger partial charge >= 0.3 is 0 Å². The van der Waals surface area contributed by atoms with Gasteiger partial charge in [0.05, 0.1) is 12.6 Å². The van der Waals surface area contributed by atoms with Crippen molar-refractivity contribution in [1.82, 2.24) is 9.80 Å². The van der Waals surface area contributed by atoms with Gasteiger partial charge in [-0.2, -0.15) is 0 Å². The number of aliphatic hydroxyl groups is 1. The Kier molecular flexibility index (Phi) is 4.85. The maximum Gasteiger partial charge on any atom is 0.239 e. The molecule has 0 aromatic carbocycles. The lowest BCUT2D eigenvalue weighted by Crippen LogP contribution is -2.43. The molecule has 0 aromatic rings. The van der Waals surface area contributed by atoms with E-state index in [2.05, 4.69) is 0 Å².